The van der Waals surface area contributed by atoms with Crippen molar-refractivity contribution in [1.29, 1.82) is 0 Å². The maximum absolute atomic E-state index is 5.12. The van der Waals surface area contributed by atoms with Crippen molar-refractivity contribution in [2.24, 2.45) is 0 Å². The Morgan fingerprint density at radius 1 is 1.46 bits per heavy atom. The molecule has 1 heterocycles. The molecule has 0 N–H and O–H groups in total. The SMILES string of the molecule is COc1cncc(C(C)(C)CBr)c1. The van der Waals surface area contributed by atoms with E-state index in [9.17, 15) is 0 Å². The molecule has 0 radical (unpaired) electrons. The average Bonchev–Trinajstić information content (AvgIpc) is 2.18. The maximum Gasteiger partial charge on any atom is 0.137 e. The zero-order chi connectivity index (χ0) is 9.90. The van der Waals surface area contributed by atoms with Gasteiger partial charge < -0.3 is 4.74 Å². The summed E-state index contributed by atoms with van der Waals surface area (Å²) in [6.07, 6.45) is 3.59. The summed E-state index contributed by atoms with van der Waals surface area (Å²) in [5.74, 6) is 0.812. The van der Waals surface area contributed by atoms with Crippen molar-refractivity contribution in [3.8, 4) is 5.75 Å². The minimum Gasteiger partial charge on any atom is -0.495 e. The molecule has 0 saturated heterocycles. The van der Waals surface area contributed by atoms with Gasteiger partial charge in [-0.2, -0.15) is 0 Å². The number of aromatic nitrogens is 1. The van der Waals surface area contributed by atoms with Gasteiger partial charge in [0.25, 0.3) is 0 Å². The minimum absolute atomic E-state index is 0.0988. The lowest BCUT2D eigenvalue weighted by molar-refractivity contribution is 0.410. The molecule has 13 heavy (non-hydrogen) atoms. The van der Waals surface area contributed by atoms with Gasteiger partial charge in [-0.05, 0) is 11.6 Å². The fourth-order valence-corrected chi connectivity index (χ4v) is 1.30. The molecule has 0 amide bonds. The number of alkyl halides is 1. The molecule has 0 fully saturated rings. The fourth-order valence-electron chi connectivity index (χ4n) is 0.978. The van der Waals surface area contributed by atoms with Crippen molar-refractivity contribution in [3.05, 3.63) is 24.0 Å². The molecule has 0 saturated carbocycles. The molecule has 0 aliphatic carbocycles. The van der Waals surface area contributed by atoms with E-state index in [0.717, 1.165) is 11.1 Å². The summed E-state index contributed by atoms with van der Waals surface area (Å²) < 4.78 is 5.12. The van der Waals surface area contributed by atoms with E-state index in [4.69, 9.17) is 4.74 Å². The second-order valence-corrected chi connectivity index (χ2v) is 4.19. The smallest absolute Gasteiger partial charge is 0.137 e. The highest BCUT2D eigenvalue weighted by Crippen LogP contribution is 2.26. The summed E-state index contributed by atoms with van der Waals surface area (Å²) in [6.45, 7) is 4.33. The lowest BCUT2D eigenvalue weighted by Gasteiger charge is -2.21. The first-order valence-electron chi connectivity index (χ1n) is 4.15. The van der Waals surface area contributed by atoms with E-state index < -0.39 is 0 Å². The third kappa shape index (κ3) is 2.44. The van der Waals surface area contributed by atoms with Crippen molar-refractivity contribution in [1.82, 2.24) is 4.98 Å². The number of rotatable bonds is 3. The van der Waals surface area contributed by atoms with Crippen LogP contribution < -0.4 is 4.74 Å². The molecule has 0 aliphatic heterocycles. The summed E-state index contributed by atoms with van der Waals surface area (Å²) in [7, 11) is 1.65. The summed E-state index contributed by atoms with van der Waals surface area (Å²) >= 11 is 3.49. The van der Waals surface area contributed by atoms with Crippen molar-refractivity contribution in [2.75, 3.05) is 12.4 Å². The first kappa shape index (κ1) is 10.5. The lowest BCUT2D eigenvalue weighted by atomic mass is 9.88. The van der Waals surface area contributed by atoms with Gasteiger partial charge in [0.2, 0.25) is 0 Å². The van der Waals surface area contributed by atoms with Gasteiger partial charge in [-0.15, -0.1) is 0 Å². The molecule has 1 aromatic heterocycles. The van der Waals surface area contributed by atoms with Crippen LogP contribution in [0.25, 0.3) is 0 Å². The van der Waals surface area contributed by atoms with E-state index in [2.05, 4.69) is 34.8 Å². The van der Waals surface area contributed by atoms with Gasteiger partial charge in [-0.3, -0.25) is 4.98 Å². The van der Waals surface area contributed by atoms with Crippen LogP contribution in [0.2, 0.25) is 0 Å². The summed E-state index contributed by atoms with van der Waals surface area (Å²) in [6, 6.07) is 2.02. The normalized spacial score (nSPS) is 11.4. The molecule has 0 aromatic carbocycles. The van der Waals surface area contributed by atoms with Gasteiger partial charge in [0, 0.05) is 16.9 Å². The largest absolute Gasteiger partial charge is 0.495 e. The molecular formula is C10H14BrNO. The molecular weight excluding hydrogens is 230 g/mol. The first-order valence-corrected chi connectivity index (χ1v) is 5.28. The third-order valence-electron chi connectivity index (χ3n) is 2.06. The standard InChI is InChI=1S/C10H14BrNO/c1-10(2,7-11)8-4-9(13-3)6-12-5-8/h4-6H,7H2,1-3H3. The number of methoxy groups -OCH3 is 1. The Labute approximate surface area is 87.5 Å². The first-order chi connectivity index (χ1) is 6.10. The van der Waals surface area contributed by atoms with Crippen molar-refractivity contribution < 1.29 is 4.74 Å². The Morgan fingerprint density at radius 3 is 2.69 bits per heavy atom. The topological polar surface area (TPSA) is 22.1 Å². The zero-order valence-corrected chi connectivity index (χ0v) is 9.76. The highest BCUT2D eigenvalue weighted by atomic mass is 79.9. The summed E-state index contributed by atoms with van der Waals surface area (Å²) in [5, 5.41) is 0.912. The predicted molar refractivity (Wildman–Crippen MR) is 57.6 cm³/mol. The van der Waals surface area contributed by atoms with E-state index in [-0.39, 0.29) is 5.41 Å². The molecule has 0 unspecified atom stereocenters. The third-order valence-corrected chi connectivity index (χ3v) is 3.47. The van der Waals surface area contributed by atoms with Crippen LogP contribution in [0.1, 0.15) is 19.4 Å². The molecule has 1 rings (SSSR count). The van der Waals surface area contributed by atoms with E-state index in [0.29, 0.717) is 0 Å². The van der Waals surface area contributed by atoms with Crippen LogP contribution in [0.5, 0.6) is 5.75 Å². The monoisotopic (exact) mass is 243 g/mol. The van der Waals surface area contributed by atoms with Crippen LogP contribution in [0.3, 0.4) is 0 Å². The van der Waals surface area contributed by atoms with Crippen LogP contribution in [-0.4, -0.2) is 17.4 Å². The van der Waals surface area contributed by atoms with Gasteiger partial charge in [0.1, 0.15) is 5.75 Å². The second kappa shape index (κ2) is 4.09. The number of nitrogens with zero attached hydrogens (tertiary/aromatic N) is 1. The van der Waals surface area contributed by atoms with E-state index in [1.54, 1.807) is 13.3 Å². The Hall–Kier alpha value is -0.570. The minimum atomic E-state index is 0.0988. The van der Waals surface area contributed by atoms with Crippen LogP contribution in [0.4, 0.5) is 0 Å². The van der Waals surface area contributed by atoms with Crippen molar-refractivity contribution >= 4 is 15.9 Å². The Kier molecular flexibility index (Phi) is 3.31. The van der Waals surface area contributed by atoms with Gasteiger partial charge in [-0.1, -0.05) is 29.8 Å². The maximum atomic E-state index is 5.12. The van der Waals surface area contributed by atoms with Gasteiger partial charge in [0.05, 0.1) is 13.3 Å². The van der Waals surface area contributed by atoms with Gasteiger partial charge in [0.15, 0.2) is 0 Å². The quantitative estimate of drug-likeness (QED) is 0.763. The molecule has 0 bridgehead atoms. The molecule has 0 aliphatic rings. The average molecular weight is 244 g/mol. The number of ether oxygens (including phenoxy) is 1. The number of halogens is 1. The van der Waals surface area contributed by atoms with E-state index >= 15 is 0 Å². The van der Waals surface area contributed by atoms with E-state index in [1.807, 2.05) is 12.3 Å². The Morgan fingerprint density at radius 2 is 2.15 bits per heavy atom. The zero-order valence-electron chi connectivity index (χ0n) is 8.17. The highest BCUT2D eigenvalue weighted by molar-refractivity contribution is 9.09. The Balaban J connectivity index is 3.01. The summed E-state index contributed by atoms with van der Waals surface area (Å²) in [4.78, 5) is 4.12. The van der Waals surface area contributed by atoms with Crippen LogP contribution in [0.15, 0.2) is 18.5 Å². The lowest BCUT2D eigenvalue weighted by Crippen LogP contribution is -2.18. The fraction of sp³-hybridized carbons (Fsp3) is 0.500. The number of hydrogen-bond acceptors (Lipinski definition) is 2. The van der Waals surface area contributed by atoms with Crippen LogP contribution in [-0.2, 0) is 5.41 Å². The van der Waals surface area contributed by atoms with Gasteiger partial charge >= 0.3 is 0 Å². The predicted octanol–water partition coefficient (Wildman–Crippen LogP) is 2.76. The van der Waals surface area contributed by atoms with Crippen molar-refractivity contribution in [3.63, 3.8) is 0 Å². The molecule has 1 aromatic rings. The second-order valence-electron chi connectivity index (χ2n) is 3.63. The molecule has 0 spiro atoms. The highest BCUT2D eigenvalue weighted by Gasteiger charge is 2.19. The summed E-state index contributed by atoms with van der Waals surface area (Å²) in [5.41, 5.74) is 1.28. The van der Waals surface area contributed by atoms with Crippen LogP contribution >= 0.6 is 15.9 Å². The number of hydrogen-bond donors (Lipinski definition) is 0. The van der Waals surface area contributed by atoms with Gasteiger partial charge in [-0.25, -0.2) is 0 Å². The molecule has 2 nitrogen and oxygen atoms in total. The van der Waals surface area contributed by atoms with Crippen molar-refractivity contribution in [2.45, 2.75) is 19.3 Å². The van der Waals surface area contributed by atoms with Crippen LogP contribution in [0, 0.1) is 0 Å². The number of pyridine rings is 1. The molecule has 0 atom stereocenters. The van der Waals surface area contributed by atoms with E-state index in [1.165, 1.54) is 5.56 Å². The molecule has 72 valence electrons. The Bertz CT molecular complexity index is 286. The molecule has 3 heteroatoms.